The number of aromatic nitrogens is 3. The van der Waals surface area contributed by atoms with Crippen molar-refractivity contribution < 1.29 is 9.53 Å². The molecular weight excluding hydrogens is 372 g/mol. The SMILES string of the molecule is CCc1ccc(-c2nc(S[C@H](C)C(=O)NCc3ccccc3OC)n[nH]2)cc1. The Kier molecular flexibility index (Phi) is 6.71. The number of rotatable bonds is 8. The fourth-order valence-corrected chi connectivity index (χ4v) is 3.46. The summed E-state index contributed by atoms with van der Waals surface area (Å²) in [5.41, 5.74) is 3.19. The third kappa shape index (κ3) is 4.92. The fraction of sp³-hybridized carbons (Fsp3) is 0.286. The smallest absolute Gasteiger partial charge is 0.233 e. The summed E-state index contributed by atoms with van der Waals surface area (Å²) < 4.78 is 5.31. The normalized spacial score (nSPS) is 11.8. The number of aryl methyl sites for hydroxylation is 1. The number of amides is 1. The molecule has 1 atom stereocenters. The van der Waals surface area contributed by atoms with E-state index in [9.17, 15) is 4.79 Å². The lowest BCUT2D eigenvalue weighted by Gasteiger charge is -2.12. The van der Waals surface area contributed by atoms with Crippen LogP contribution in [0.5, 0.6) is 5.75 Å². The van der Waals surface area contributed by atoms with Gasteiger partial charge < -0.3 is 10.1 Å². The number of methoxy groups -OCH3 is 1. The zero-order valence-electron chi connectivity index (χ0n) is 16.2. The third-order valence-corrected chi connectivity index (χ3v) is 5.36. The number of thioether (sulfide) groups is 1. The third-order valence-electron chi connectivity index (χ3n) is 4.40. The van der Waals surface area contributed by atoms with Crippen LogP contribution in [0.4, 0.5) is 0 Å². The zero-order chi connectivity index (χ0) is 19.9. The first kappa shape index (κ1) is 19.9. The van der Waals surface area contributed by atoms with E-state index in [1.807, 2.05) is 43.3 Å². The monoisotopic (exact) mass is 396 g/mol. The van der Waals surface area contributed by atoms with Crippen LogP contribution in [0.25, 0.3) is 11.4 Å². The molecule has 0 fully saturated rings. The highest BCUT2D eigenvalue weighted by atomic mass is 32.2. The molecule has 0 radical (unpaired) electrons. The van der Waals surface area contributed by atoms with Gasteiger partial charge in [0, 0.05) is 17.7 Å². The van der Waals surface area contributed by atoms with Crippen molar-refractivity contribution in [3.8, 4) is 17.1 Å². The minimum Gasteiger partial charge on any atom is -0.496 e. The molecule has 28 heavy (non-hydrogen) atoms. The summed E-state index contributed by atoms with van der Waals surface area (Å²) in [6.07, 6.45) is 0.999. The van der Waals surface area contributed by atoms with Crippen molar-refractivity contribution in [2.24, 2.45) is 0 Å². The Balaban J connectivity index is 1.57. The average Bonchev–Trinajstić information content (AvgIpc) is 3.20. The van der Waals surface area contributed by atoms with Crippen molar-refractivity contribution in [3.05, 3.63) is 59.7 Å². The number of H-pyrrole nitrogens is 1. The van der Waals surface area contributed by atoms with E-state index in [1.54, 1.807) is 7.11 Å². The minimum atomic E-state index is -0.319. The molecule has 3 rings (SSSR count). The predicted octanol–water partition coefficient (Wildman–Crippen LogP) is 3.84. The Bertz CT molecular complexity index is 924. The molecule has 6 nitrogen and oxygen atoms in total. The van der Waals surface area contributed by atoms with E-state index in [-0.39, 0.29) is 11.2 Å². The summed E-state index contributed by atoms with van der Waals surface area (Å²) in [6.45, 7) is 4.38. The van der Waals surface area contributed by atoms with Gasteiger partial charge in [0.1, 0.15) is 5.75 Å². The highest BCUT2D eigenvalue weighted by Gasteiger charge is 2.17. The van der Waals surface area contributed by atoms with Crippen LogP contribution in [0.3, 0.4) is 0 Å². The van der Waals surface area contributed by atoms with Crippen molar-refractivity contribution in [1.82, 2.24) is 20.5 Å². The highest BCUT2D eigenvalue weighted by Crippen LogP contribution is 2.23. The van der Waals surface area contributed by atoms with Gasteiger partial charge >= 0.3 is 0 Å². The molecule has 0 saturated carbocycles. The lowest BCUT2D eigenvalue weighted by atomic mass is 10.1. The van der Waals surface area contributed by atoms with E-state index in [1.165, 1.54) is 17.3 Å². The van der Waals surface area contributed by atoms with Gasteiger partial charge in [-0.05, 0) is 25.0 Å². The number of benzene rings is 2. The number of hydrogen-bond acceptors (Lipinski definition) is 5. The van der Waals surface area contributed by atoms with Crippen molar-refractivity contribution >= 4 is 17.7 Å². The summed E-state index contributed by atoms with van der Waals surface area (Å²) in [4.78, 5) is 16.9. The van der Waals surface area contributed by atoms with Gasteiger partial charge in [-0.1, -0.05) is 61.2 Å². The van der Waals surface area contributed by atoms with Crippen molar-refractivity contribution in [3.63, 3.8) is 0 Å². The number of carbonyl (C=O) groups excluding carboxylic acids is 1. The van der Waals surface area contributed by atoms with Crippen LogP contribution >= 0.6 is 11.8 Å². The van der Waals surface area contributed by atoms with Crippen LogP contribution in [-0.4, -0.2) is 33.4 Å². The van der Waals surface area contributed by atoms with Crippen LogP contribution < -0.4 is 10.1 Å². The van der Waals surface area contributed by atoms with Gasteiger partial charge in [0.25, 0.3) is 0 Å². The molecule has 0 bridgehead atoms. The molecule has 0 aliphatic heterocycles. The maximum Gasteiger partial charge on any atom is 0.233 e. The van der Waals surface area contributed by atoms with Gasteiger partial charge in [-0.15, -0.1) is 5.10 Å². The first-order chi connectivity index (χ1) is 13.6. The Hall–Kier alpha value is -2.80. The van der Waals surface area contributed by atoms with E-state index in [0.717, 1.165) is 23.3 Å². The van der Waals surface area contributed by atoms with Crippen molar-refractivity contribution in [1.29, 1.82) is 0 Å². The van der Waals surface area contributed by atoms with Gasteiger partial charge in [-0.2, -0.15) is 0 Å². The number of nitrogens with one attached hydrogen (secondary N) is 2. The molecule has 0 aliphatic carbocycles. The molecule has 1 heterocycles. The van der Waals surface area contributed by atoms with E-state index >= 15 is 0 Å². The van der Waals surface area contributed by atoms with Gasteiger partial charge in [-0.25, -0.2) is 4.98 Å². The number of hydrogen-bond donors (Lipinski definition) is 2. The second-order valence-electron chi connectivity index (χ2n) is 6.31. The molecule has 146 valence electrons. The topological polar surface area (TPSA) is 79.9 Å². The van der Waals surface area contributed by atoms with E-state index in [2.05, 4.69) is 39.6 Å². The molecule has 2 N–H and O–H groups in total. The Morgan fingerprint density at radius 3 is 2.68 bits per heavy atom. The molecule has 3 aromatic rings. The van der Waals surface area contributed by atoms with E-state index < -0.39 is 0 Å². The zero-order valence-corrected chi connectivity index (χ0v) is 17.0. The largest absolute Gasteiger partial charge is 0.496 e. The predicted molar refractivity (Wildman–Crippen MR) is 111 cm³/mol. The first-order valence-corrected chi connectivity index (χ1v) is 10.1. The summed E-state index contributed by atoms with van der Waals surface area (Å²) in [5, 5.41) is 10.3. The molecule has 2 aromatic carbocycles. The van der Waals surface area contributed by atoms with Crippen LogP contribution in [0.15, 0.2) is 53.7 Å². The molecule has 0 spiro atoms. The number of nitrogens with zero attached hydrogens (tertiary/aromatic N) is 2. The highest BCUT2D eigenvalue weighted by molar-refractivity contribution is 8.00. The van der Waals surface area contributed by atoms with E-state index in [4.69, 9.17) is 4.74 Å². The molecule has 1 aromatic heterocycles. The molecule has 7 heteroatoms. The number of para-hydroxylation sites is 1. The maximum absolute atomic E-state index is 12.4. The molecule has 0 aliphatic rings. The van der Waals surface area contributed by atoms with Crippen molar-refractivity contribution in [2.45, 2.75) is 37.2 Å². The first-order valence-electron chi connectivity index (χ1n) is 9.18. The summed E-state index contributed by atoms with van der Waals surface area (Å²) in [6, 6.07) is 15.8. The Morgan fingerprint density at radius 1 is 1.21 bits per heavy atom. The summed E-state index contributed by atoms with van der Waals surface area (Å²) in [7, 11) is 1.62. The van der Waals surface area contributed by atoms with Crippen molar-refractivity contribution in [2.75, 3.05) is 7.11 Å². The van der Waals surface area contributed by atoms with E-state index in [0.29, 0.717) is 17.5 Å². The van der Waals surface area contributed by atoms with Gasteiger partial charge in [-0.3, -0.25) is 9.89 Å². The molecule has 1 amide bonds. The lowest BCUT2D eigenvalue weighted by Crippen LogP contribution is -2.30. The van der Waals surface area contributed by atoms with Gasteiger partial charge in [0.05, 0.1) is 12.4 Å². The van der Waals surface area contributed by atoms with Crippen LogP contribution in [0, 0.1) is 0 Å². The molecule has 0 saturated heterocycles. The summed E-state index contributed by atoms with van der Waals surface area (Å²) >= 11 is 1.32. The molecular formula is C21H24N4O2S. The van der Waals surface area contributed by atoms with Crippen LogP contribution in [0.1, 0.15) is 25.0 Å². The number of carbonyl (C=O) groups is 1. The second kappa shape index (κ2) is 9.41. The van der Waals surface area contributed by atoms with Gasteiger partial charge in [0.2, 0.25) is 11.1 Å². The van der Waals surface area contributed by atoms with Gasteiger partial charge in [0.15, 0.2) is 5.82 Å². The number of aromatic amines is 1. The quantitative estimate of drug-likeness (QED) is 0.566. The van der Waals surface area contributed by atoms with Crippen LogP contribution in [0.2, 0.25) is 0 Å². The van der Waals surface area contributed by atoms with Crippen LogP contribution in [-0.2, 0) is 17.8 Å². The number of ether oxygens (including phenoxy) is 1. The minimum absolute atomic E-state index is 0.0745. The average molecular weight is 397 g/mol. The summed E-state index contributed by atoms with van der Waals surface area (Å²) in [5.74, 6) is 1.39. The molecule has 0 unspecified atom stereocenters. The second-order valence-corrected chi connectivity index (χ2v) is 7.61. The fourth-order valence-electron chi connectivity index (χ4n) is 2.71. The maximum atomic E-state index is 12.4. The lowest BCUT2D eigenvalue weighted by molar-refractivity contribution is -0.120. The Labute approximate surface area is 169 Å². The standard InChI is InChI=1S/C21H24N4O2S/c1-4-15-9-11-16(12-10-15)19-23-21(25-24-19)28-14(2)20(26)22-13-17-7-5-6-8-18(17)27-3/h5-12,14H,4,13H2,1-3H3,(H,22,26)(H,23,24,25)/t14-/m1/s1. The Morgan fingerprint density at radius 2 is 1.96 bits per heavy atom.